The van der Waals surface area contributed by atoms with E-state index in [-0.39, 0.29) is 4.90 Å². The number of carbonyl (C=O) groups excluding carboxylic acids is 2. The van der Waals surface area contributed by atoms with Gasteiger partial charge in [0.25, 0.3) is 5.91 Å². The fourth-order valence-corrected chi connectivity index (χ4v) is 4.20. The van der Waals surface area contributed by atoms with E-state index in [1.165, 1.54) is 19.1 Å². The number of ether oxygens (including phenoxy) is 1. The van der Waals surface area contributed by atoms with E-state index in [0.29, 0.717) is 17.1 Å². The number of aryl methyl sites for hydroxylation is 1. The molecule has 0 spiro atoms. The third-order valence-electron chi connectivity index (χ3n) is 4.88. The van der Waals surface area contributed by atoms with E-state index < -0.39 is 40.7 Å². The number of carbonyl (C=O) groups is 2. The molecule has 0 aliphatic carbocycles. The number of aliphatic hydroxyl groups excluding tert-OH is 1. The van der Waals surface area contributed by atoms with Gasteiger partial charge >= 0.3 is 5.97 Å². The normalized spacial score (nSPS) is 13.2. The molecule has 0 radical (unpaired) electrons. The number of nitrogens with zero attached hydrogens (tertiary/aromatic N) is 2. The van der Waals surface area contributed by atoms with E-state index in [4.69, 9.17) is 4.74 Å². The lowest BCUT2D eigenvalue weighted by Gasteiger charge is -2.20. The molecule has 2 atom stereocenters. The van der Waals surface area contributed by atoms with Crippen molar-refractivity contribution in [2.75, 3.05) is 11.9 Å². The Kier molecular flexibility index (Phi) is 9.01. The van der Waals surface area contributed by atoms with Crippen molar-refractivity contribution in [1.82, 2.24) is 4.72 Å². The molecule has 10 nitrogen and oxygen atoms in total. The molecule has 0 heterocycles. The number of aliphatic hydroxyl groups is 1. The molecule has 1 amide bonds. The van der Waals surface area contributed by atoms with Crippen LogP contribution in [-0.4, -0.2) is 44.2 Å². The molecule has 3 rings (SSSR count). The van der Waals surface area contributed by atoms with Crippen molar-refractivity contribution in [3.05, 3.63) is 84.4 Å². The maximum atomic E-state index is 12.6. The molecule has 0 aliphatic rings. The van der Waals surface area contributed by atoms with Crippen LogP contribution in [0.4, 0.5) is 17.1 Å². The molecule has 11 heteroatoms. The van der Waals surface area contributed by atoms with Crippen LogP contribution in [0.25, 0.3) is 0 Å². The van der Waals surface area contributed by atoms with Gasteiger partial charge in [0.05, 0.1) is 22.4 Å². The number of anilines is 1. The van der Waals surface area contributed by atoms with Crippen molar-refractivity contribution in [2.45, 2.75) is 30.9 Å². The first-order valence-corrected chi connectivity index (χ1v) is 12.4. The predicted molar refractivity (Wildman–Crippen MR) is 134 cm³/mol. The fraction of sp³-hybridized carbons (Fsp3) is 0.200. The molecule has 0 aliphatic heterocycles. The average Bonchev–Trinajstić information content (AvgIpc) is 2.86. The molecular formula is C25H26N4O6S. The van der Waals surface area contributed by atoms with Gasteiger partial charge in [-0.25, -0.2) is 8.42 Å². The maximum absolute atomic E-state index is 12.6. The standard InChI is InChI=1S/C25H26N4O6S/c1-17-8-14-22(15-9-17)36(33,34)29-24(18(2)30)25(32)35-16-23(31)26-19-10-12-21(13-11-19)28-27-20-6-4-3-5-7-20/h3-15,18,24,29-30H,16H2,1-2H3,(H,26,31)/t18-,24+/m1/s1. The lowest BCUT2D eigenvalue weighted by atomic mass is 10.2. The summed E-state index contributed by atoms with van der Waals surface area (Å²) in [6.45, 7) is 2.36. The van der Waals surface area contributed by atoms with Crippen LogP contribution in [0.1, 0.15) is 12.5 Å². The van der Waals surface area contributed by atoms with Crippen LogP contribution in [0.2, 0.25) is 0 Å². The highest BCUT2D eigenvalue weighted by molar-refractivity contribution is 7.89. The number of hydrogen-bond donors (Lipinski definition) is 3. The van der Waals surface area contributed by atoms with E-state index in [0.717, 1.165) is 5.56 Å². The Balaban J connectivity index is 1.53. The molecule has 36 heavy (non-hydrogen) atoms. The lowest BCUT2D eigenvalue weighted by molar-refractivity contribution is -0.151. The first-order chi connectivity index (χ1) is 17.1. The third kappa shape index (κ3) is 7.80. The second-order valence-corrected chi connectivity index (χ2v) is 9.60. The number of azo groups is 1. The fourth-order valence-electron chi connectivity index (χ4n) is 2.94. The van der Waals surface area contributed by atoms with Crippen molar-refractivity contribution in [2.24, 2.45) is 10.2 Å². The summed E-state index contributed by atoms with van der Waals surface area (Å²) in [6.07, 6.45) is -1.40. The molecule has 0 bridgehead atoms. The molecule has 0 saturated heterocycles. The summed E-state index contributed by atoms with van der Waals surface area (Å²) < 4.78 is 32.2. The molecule has 188 valence electrons. The first kappa shape index (κ1) is 26.7. The minimum Gasteiger partial charge on any atom is -0.454 e. The van der Waals surface area contributed by atoms with Crippen molar-refractivity contribution in [3.63, 3.8) is 0 Å². The van der Waals surface area contributed by atoms with Crippen LogP contribution in [0, 0.1) is 6.92 Å². The third-order valence-corrected chi connectivity index (χ3v) is 6.34. The largest absolute Gasteiger partial charge is 0.454 e. The summed E-state index contributed by atoms with van der Waals surface area (Å²) in [5.74, 6) is -1.74. The second-order valence-electron chi connectivity index (χ2n) is 7.89. The van der Waals surface area contributed by atoms with Crippen LogP contribution < -0.4 is 10.0 Å². The van der Waals surface area contributed by atoms with Gasteiger partial charge in [0.15, 0.2) is 6.61 Å². The lowest BCUT2D eigenvalue weighted by Crippen LogP contribution is -2.48. The Labute approximate surface area is 209 Å². The highest BCUT2D eigenvalue weighted by atomic mass is 32.2. The Bertz CT molecular complexity index is 1310. The Morgan fingerprint density at radius 2 is 1.50 bits per heavy atom. The molecule has 0 aromatic heterocycles. The summed E-state index contributed by atoms with van der Waals surface area (Å²) in [5.41, 5.74) is 2.57. The van der Waals surface area contributed by atoms with Crippen molar-refractivity contribution < 1.29 is 27.9 Å². The zero-order chi connectivity index (χ0) is 26.1. The maximum Gasteiger partial charge on any atom is 0.327 e. The molecule has 0 fully saturated rings. The predicted octanol–water partition coefficient (Wildman–Crippen LogP) is 3.62. The second kappa shape index (κ2) is 12.2. The number of esters is 1. The van der Waals surface area contributed by atoms with Crippen molar-refractivity contribution in [3.8, 4) is 0 Å². The van der Waals surface area contributed by atoms with E-state index in [1.54, 1.807) is 43.3 Å². The highest BCUT2D eigenvalue weighted by Gasteiger charge is 2.31. The number of nitrogens with one attached hydrogen (secondary N) is 2. The summed E-state index contributed by atoms with van der Waals surface area (Å²) in [7, 11) is -4.11. The van der Waals surface area contributed by atoms with Gasteiger partial charge < -0.3 is 15.2 Å². The number of hydrogen-bond acceptors (Lipinski definition) is 8. The molecule has 3 aromatic carbocycles. The van der Waals surface area contributed by atoms with Gasteiger partial charge in [0.2, 0.25) is 10.0 Å². The van der Waals surface area contributed by atoms with Gasteiger partial charge in [0.1, 0.15) is 6.04 Å². The van der Waals surface area contributed by atoms with Crippen LogP contribution in [-0.2, 0) is 24.3 Å². The van der Waals surface area contributed by atoms with E-state index >= 15 is 0 Å². The average molecular weight is 511 g/mol. The number of benzene rings is 3. The van der Waals surface area contributed by atoms with Crippen molar-refractivity contribution in [1.29, 1.82) is 0 Å². The quantitative estimate of drug-likeness (QED) is 0.280. The topological polar surface area (TPSA) is 147 Å². The first-order valence-electron chi connectivity index (χ1n) is 10.9. The van der Waals surface area contributed by atoms with Gasteiger partial charge in [-0.15, -0.1) is 0 Å². The number of rotatable bonds is 10. The molecule has 0 saturated carbocycles. The van der Waals surface area contributed by atoms with Crippen LogP contribution in [0.15, 0.2) is 94.0 Å². The molecule has 0 unspecified atom stereocenters. The summed E-state index contributed by atoms with van der Waals surface area (Å²) >= 11 is 0. The number of sulfonamides is 1. The molecular weight excluding hydrogens is 484 g/mol. The molecule has 3 aromatic rings. The van der Waals surface area contributed by atoms with Gasteiger partial charge in [-0.3, -0.25) is 9.59 Å². The van der Waals surface area contributed by atoms with Gasteiger partial charge in [-0.05, 0) is 62.4 Å². The van der Waals surface area contributed by atoms with Crippen LogP contribution >= 0.6 is 0 Å². The molecule has 3 N–H and O–H groups in total. The summed E-state index contributed by atoms with van der Waals surface area (Å²) in [6, 6.07) is 20.1. The zero-order valence-electron chi connectivity index (χ0n) is 19.7. The van der Waals surface area contributed by atoms with Crippen molar-refractivity contribution >= 4 is 39.0 Å². The SMILES string of the molecule is Cc1ccc(S(=O)(=O)N[C@H](C(=O)OCC(=O)Nc2ccc(N=Nc3ccccc3)cc2)[C@@H](C)O)cc1. The Hall–Kier alpha value is -3.93. The monoisotopic (exact) mass is 510 g/mol. The van der Waals surface area contributed by atoms with Gasteiger partial charge in [0, 0.05) is 5.69 Å². The smallest absolute Gasteiger partial charge is 0.327 e. The van der Waals surface area contributed by atoms with Crippen LogP contribution in [0.5, 0.6) is 0 Å². The highest BCUT2D eigenvalue weighted by Crippen LogP contribution is 2.20. The minimum absolute atomic E-state index is 0.0731. The zero-order valence-corrected chi connectivity index (χ0v) is 20.5. The summed E-state index contributed by atoms with van der Waals surface area (Å²) in [5, 5.41) is 20.7. The van der Waals surface area contributed by atoms with Crippen LogP contribution in [0.3, 0.4) is 0 Å². The summed E-state index contributed by atoms with van der Waals surface area (Å²) in [4.78, 5) is 24.6. The van der Waals surface area contributed by atoms with E-state index in [2.05, 4.69) is 20.3 Å². The number of amides is 1. The van der Waals surface area contributed by atoms with Gasteiger partial charge in [-0.2, -0.15) is 15.0 Å². The Morgan fingerprint density at radius 3 is 2.08 bits per heavy atom. The minimum atomic E-state index is -4.11. The van der Waals surface area contributed by atoms with E-state index in [1.807, 2.05) is 30.3 Å². The van der Waals surface area contributed by atoms with E-state index in [9.17, 15) is 23.1 Å². The van der Waals surface area contributed by atoms with Gasteiger partial charge in [-0.1, -0.05) is 35.9 Å². The Morgan fingerprint density at radius 1 is 0.917 bits per heavy atom.